The molecular formula is C20H37N5O6. The molecule has 11 nitrogen and oxygen atoms in total. The Labute approximate surface area is 183 Å². The molecule has 31 heavy (non-hydrogen) atoms. The molecule has 0 saturated carbocycles. The van der Waals surface area contributed by atoms with Gasteiger partial charge in [-0.05, 0) is 31.6 Å². The van der Waals surface area contributed by atoms with Crippen molar-refractivity contribution < 1.29 is 29.1 Å². The average molecular weight is 444 g/mol. The SMILES string of the molecule is CCC(C)C(NC(=O)C(C)NC(=O)C(CC(C)C)NC(=O)C(N)CCC(N)=O)C(=O)O. The van der Waals surface area contributed by atoms with Crippen molar-refractivity contribution in [1.29, 1.82) is 0 Å². The first-order valence-electron chi connectivity index (χ1n) is 10.5. The molecule has 0 spiro atoms. The smallest absolute Gasteiger partial charge is 0.326 e. The Bertz CT molecular complexity index is 654. The summed E-state index contributed by atoms with van der Waals surface area (Å²) in [6.07, 6.45) is 0.825. The third kappa shape index (κ3) is 10.8. The predicted molar refractivity (Wildman–Crippen MR) is 114 cm³/mol. The minimum Gasteiger partial charge on any atom is -0.480 e. The van der Waals surface area contributed by atoms with Crippen molar-refractivity contribution >= 4 is 29.6 Å². The van der Waals surface area contributed by atoms with Crippen molar-refractivity contribution in [2.45, 2.75) is 84.5 Å². The van der Waals surface area contributed by atoms with Gasteiger partial charge < -0.3 is 32.5 Å². The third-order valence-corrected chi connectivity index (χ3v) is 4.91. The lowest BCUT2D eigenvalue weighted by Crippen LogP contribution is -2.57. The zero-order chi connectivity index (χ0) is 24.3. The number of carbonyl (C=O) groups excluding carboxylic acids is 4. The molecule has 0 aromatic rings. The summed E-state index contributed by atoms with van der Waals surface area (Å²) in [5.74, 6) is -3.84. The van der Waals surface area contributed by atoms with Crippen molar-refractivity contribution in [3.05, 3.63) is 0 Å². The molecule has 0 heterocycles. The standard InChI is InChI=1S/C20H37N5O6/c1-6-11(4)16(20(30)31)25-17(27)12(5)23-19(29)14(9-10(2)3)24-18(28)13(21)7-8-15(22)26/h10-14,16H,6-9,21H2,1-5H3,(H2,22,26)(H,23,29)(H,24,28)(H,25,27)(H,30,31). The van der Waals surface area contributed by atoms with Gasteiger partial charge in [-0.2, -0.15) is 0 Å². The highest BCUT2D eigenvalue weighted by Gasteiger charge is 2.30. The highest BCUT2D eigenvalue weighted by atomic mass is 16.4. The molecule has 0 aliphatic carbocycles. The number of primary amides is 1. The van der Waals surface area contributed by atoms with Crippen LogP contribution in [0.3, 0.4) is 0 Å². The van der Waals surface area contributed by atoms with Crippen LogP contribution < -0.4 is 27.4 Å². The lowest BCUT2D eigenvalue weighted by molar-refractivity contribution is -0.143. The Kier molecular flexibility index (Phi) is 12.4. The fourth-order valence-electron chi connectivity index (χ4n) is 2.75. The van der Waals surface area contributed by atoms with E-state index in [0.29, 0.717) is 12.8 Å². The van der Waals surface area contributed by atoms with Crippen LogP contribution in [0.2, 0.25) is 0 Å². The van der Waals surface area contributed by atoms with Crippen molar-refractivity contribution in [3.8, 4) is 0 Å². The van der Waals surface area contributed by atoms with Crippen LogP contribution in [0.15, 0.2) is 0 Å². The number of carbonyl (C=O) groups is 5. The predicted octanol–water partition coefficient (Wildman–Crippen LogP) is -0.770. The Balaban J connectivity index is 5.09. The van der Waals surface area contributed by atoms with E-state index in [-0.39, 0.29) is 24.7 Å². The second-order valence-electron chi connectivity index (χ2n) is 8.24. The van der Waals surface area contributed by atoms with Crippen LogP contribution in [0.4, 0.5) is 0 Å². The Morgan fingerprint density at radius 3 is 1.94 bits per heavy atom. The second-order valence-corrected chi connectivity index (χ2v) is 8.24. The number of nitrogens with one attached hydrogen (secondary N) is 3. The molecule has 0 saturated heterocycles. The number of amides is 4. The van der Waals surface area contributed by atoms with Gasteiger partial charge in [0.05, 0.1) is 6.04 Å². The quantitative estimate of drug-likeness (QED) is 0.203. The zero-order valence-corrected chi connectivity index (χ0v) is 18.9. The van der Waals surface area contributed by atoms with Crippen molar-refractivity contribution in [1.82, 2.24) is 16.0 Å². The van der Waals surface area contributed by atoms with E-state index in [4.69, 9.17) is 11.5 Å². The van der Waals surface area contributed by atoms with E-state index < -0.39 is 53.8 Å². The van der Waals surface area contributed by atoms with Crippen LogP contribution in [0, 0.1) is 11.8 Å². The van der Waals surface area contributed by atoms with Gasteiger partial charge in [0.15, 0.2) is 0 Å². The van der Waals surface area contributed by atoms with Gasteiger partial charge >= 0.3 is 5.97 Å². The fourth-order valence-corrected chi connectivity index (χ4v) is 2.75. The summed E-state index contributed by atoms with van der Waals surface area (Å²) in [5, 5.41) is 16.8. The molecule has 4 amide bonds. The molecular weight excluding hydrogens is 406 g/mol. The highest BCUT2D eigenvalue weighted by molar-refractivity contribution is 5.94. The molecule has 0 aliphatic heterocycles. The van der Waals surface area contributed by atoms with Crippen LogP contribution in [0.1, 0.15) is 60.3 Å². The summed E-state index contributed by atoms with van der Waals surface area (Å²) < 4.78 is 0. The van der Waals surface area contributed by atoms with Gasteiger partial charge in [-0.25, -0.2) is 4.79 Å². The van der Waals surface area contributed by atoms with Gasteiger partial charge in [-0.3, -0.25) is 19.2 Å². The lowest BCUT2D eigenvalue weighted by Gasteiger charge is -2.25. The van der Waals surface area contributed by atoms with Gasteiger partial charge in [0, 0.05) is 6.42 Å². The Hall–Kier alpha value is -2.69. The Morgan fingerprint density at radius 1 is 0.903 bits per heavy atom. The lowest BCUT2D eigenvalue weighted by atomic mass is 9.99. The minimum absolute atomic E-state index is 0.0438. The molecule has 0 aromatic heterocycles. The number of rotatable bonds is 14. The molecule has 5 unspecified atom stereocenters. The molecule has 178 valence electrons. The number of aliphatic carboxylic acids is 1. The van der Waals surface area contributed by atoms with Gasteiger partial charge in [-0.1, -0.05) is 34.1 Å². The Morgan fingerprint density at radius 2 is 1.48 bits per heavy atom. The molecule has 0 fully saturated rings. The topological polar surface area (TPSA) is 194 Å². The first-order valence-corrected chi connectivity index (χ1v) is 10.5. The maximum atomic E-state index is 12.7. The zero-order valence-electron chi connectivity index (χ0n) is 18.9. The van der Waals surface area contributed by atoms with E-state index in [1.807, 2.05) is 20.8 Å². The molecule has 0 aliphatic rings. The summed E-state index contributed by atoms with van der Waals surface area (Å²) in [6.45, 7) is 8.66. The van der Waals surface area contributed by atoms with Crippen LogP contribution in [-0.4, -0.2) is 58.9 Å². The van der Waals surface area contributed by atoms with Gasteiger partial charge in [0.1, 0.15) is 18.1 Å². The summed E-state index contributed by atoms with van der Waals surface area (Å²) in [4.78, 5) is 59.6. The van der Waals surface area contributed by atoms with E-state index >= 15 is 0 Å². The number of hydrogen-bond acceptors (Lipinski definition) is 6. The number of hydrogen-bond donors (Lipinski definition) is 6. The summed E-state index contributed by atoms with van der Waals surface area (Å²) in [7, 11) is 0. The average Bonchev–Trinajstić information content (AvgIpc) is 2.67. The second kappa shape index (κ2) is 13.6. The van der Waals surface area contributed by atoms with Crippen molar-refractivity contribution in [2.24, 2.45) is 23.3 Å². The maximum Gasteiger partial charge on any atom is 0.326 e. The van der Waals surface area contributed by atoms with E-state index in [1.54, 1.807) is 6.92 Å². The summed E-state index contributed by atoms with van der Waals surface area (Å²) in [6, 6.07) is -4.06. The summed E-state index contributed by atoms with van der Waals surface area (Å²) >= 11 is 0. The number of carboxylic acid groups (broad SMARTS) is 1. The van der Waals surface area contributed by atoms with Gasteiger partial charge in [0.25, 0.3) is 0 Å². The monoisotopic (exact) mass is 443 g/mol. The molecule has 5 atom stereocenters. The van der Waals surface area contributed by atoms with Crippen molar-refractivity contribution in [2.75, 3.05) is 0 Å². The fraction of sp³-hybridized carbons (Fsp3) is 0.750. The first kappa shape index (κ1) is 28.3. The van der Waals surface area contributed by atoms with Crippen molar-refractivity contribution in [3.63, 3.8) is 0 Å². The summed E-state index contributed by atoms with van der Waals surface area (Å²) in [5.41, 5.74) is 10.8. The van der Waals surface area contributed by atoms with E-state index in [0.717, 1.165) is 0 Å². The largest absolute Gasteiger partial charge is 0.480 e. The van der Waals surface area contributed by atoms with Gasteiger partial charge in [-0.15, -0.1) is 0 Å². The normalized spacial score (nSPS) is 15.8. The van der Waals surface area contributed by atoms with Crippen LogP contribution >= 0.6 is 0 Å². The molecule has 0 rings (SSSR count). The van der Waals surface area contributed by atoms with Crippen LogP contribution in [0.5, 0.6) is 0 Å². The van der Waals surface area contributed by atoms with Gasteiger partial charge in [0.2, 0.25) is 23.6 Å². The van der Waals surface area contributed by atoms with Crippen LogP contribution in [-0.2, 0) is 24.0 Å². The molecule has 8 N–H and O–H groups in total. The van der Waals surface area contributed by atoms with E-state index in [1.165, 1.54) is 6.92 Å². The minimum atomic E-state index is -1.16. The van der Waals surface area contributed by atoms with E-state index in [2.05, 4.69) is 16.0 Å². The molecule has 0 bridgehead atoms. The van der Waals surface area contributed by atoms with Crippen LogP contribution in [0.25, 0.3) is 0 Å². The number of nitrogens with two attached hydrogens (primary N) is 2. The maximum absolute atomic E-state index is 12.7. The third-order valence-electron chi connectivity index (χ3n) is 4.91. The first-order chi connectivity index (χ1) is 14.3. The highest BCUT2D eigenvalue weighted by Crippen LogP contribution is 2.09. The molecule has 0 radical (unpaired) electrons. The molecule has 11 heteroatoms. The number of carboxylic acids is 1. The molecule has 0 aromatic carbocycles. The van der Waals surface area contributed by atoms with E-state index in [9.17, 15) is 29.1 Å².